The first-order valence-electron chi connectivity index (χ1n) is 5.97. The standard InChI is InChI=1S/C13H16N2O4S/c14-11(16)8-10(13(18)19)15-12(17)6-7-20-9-4-2-1-3-5-9/h1-5,10H,6-8H2,(H2,14,16)(H,15,17)(H,18,19)/t10-/m0/s1. The fraction of sp³-hybridized carbons (Fsp3) is 0.308. The summed E-state index contributed by atoms with van der Waals surface area (Å²) in [6.45, 7) is 0. The number of nitrogens with two attached hydrogens (primary N) is 1. The van der Waals surface area contributed by atoms with Crippen LogP contribution in [-0.4, -0.2) is 34.7 Å². The maximum absolute atomic E-state index is 11.6. The smallest absolute Gasteiger partial charge is 0.326 e. The second-order valence-electron chi connectivity index (χ2n) is 4.04. The van der Waals surface area contributed by atoms with Gasteiger partial charge in [0.2, 0.25) is 11.8 Å². The van der Waals surface area contributed by atoms with E-state index in [9.17, 15) is 14.4 Å². The summed E-state index contributed by atoms with van der Waals surface area (Å²) in [5.74, 6) is -1.93. The van der Waals surface area contributed by atoms with Crippen LogP contribution in [0.3, 0.4) is 0 Å². The molecule has 1 aromatic rings. The highest BCUT2D eigenvalue weighted by Crippen LogP contribution is 2.17. The van der Waals surface area contributed by atoms with Crippen LogP contribution >= 0.6 is 11.8 Å². The van der Waals surface area contributed by atoms with E-state index in [2.05, 4.69) is 5.32 Å². The maximum atomic E-state index is 11.6. The number of nitrogens with one attached hydrogen (secondary N) is 1. The molecule has 108 valence electrons. The zero-order valence-electron chi connectivity index (χ0n) is 10.7. The Hall–Kier alpha value is -2.02. The fourth-order valence-electron chi connectivity index (χ4n) is 1.45. The molecule has 0 bridgehead atoms. The Balaban J connectivity index is 2.35. The Bertz CT molecular complexity index is 479. The molecule has 0 aliphatic heterocycles. The molecule has 0 radical (unpaired) electrons. The van der Waals surface area contributed by atoms with Gasteiger partial charge in [0.25, 0.3) is 0 Å². The van der Waals surface area contributed by atoms with E-state index in [0.29, 0.717) is 5.75 Å². The number of hydrogen-bond donors (Lipinski definition) is 3. The number of rotatable bonds is 8. The number of amides is 2. The number of hydrogen-bond acceptors (Lipinski definition) is 4. The summed E-state index contributed by atoms with van der Waals surface area (Å²) in [5.41, 5.74) is 4.93. The highest BCUT2D eigenvalue weighted by molar-refractivity contribution is 7.99. The van der Waals surface area contributed by atoms with Gasteiger partial charge in [-0.05, 0) is 12.1 Å². The normalized spacial score (nSPS) is 11.6. The van der Waals surface area contributed by atoms with E-state index in [1.807, 2.05) is 30.3 Å². The quantitative estimate of drug-likeness (QED) is 0.609. The Labute approximate surface area is 120 Å². The van der Waals surface area contributed by atoms with Crippen molar-refractivity contribution < 1.29 is 19.5 Å². The molecule has 1 aromatic carbocycles. The third-order valence-corrected chi connectivity index (χ3v) is 3.39. The van der Waals surface area contributed by atoms with Gasteiger partial charge >= 0.3 is 5.97 Å². The molecule has 0 saturated carbocycles. The van der Waals surface area contributed by atoms with Crippen LogP contribution in [0.5, 0.6) is 0 Å². The van der Waals surface area contributed by atoms with Crippen molar-refractivity contribution in [2.24, 2.45) is 5.73 Å². The van der Waals surface area contributed by atoms with Crippen LogP contribution < -0.4 is 11.1 Å². The minimum Gasteiger partial charge on any atom is -0.480 e. The Morgan fingerprint density at radius 2 is 1.90 bits per heavy atom. The number of benzene rings is 1. The minimum atomic E-state index is -1.27. The lowest BCUT2D eigenvalue weighted by atomic mass is 10.2. The molecule has 0 heterocycles. The summed E-state index contributed by atoms with van der Waals surface area (Å²) < 4.78 is 0. The molecular weight excluding hydrogens is 280 g/mol. The van der Waals surface area contributed by atoms with E-state index >= 15 is 0 Å². The highest BCUT2D eigenvalue weighted by Gasteiger charge is 2.21. The molecule has 20 heavy (non-hydrogen) atoms. The lowest BCUT2D eigenvalue weighted by Crippen LogP contribution is -2.43. The van der Waals surface area contributed by atoms with Gasteiger partial charge in [-0.3, -0.25) is 9.59 Å². The number of carbonyl (C=O) groups excluding carboxylic acids is 2. The zero-order chi connectivity index (χ0) is 15.0. The van der Waals surface area contributed by atoms with E-state index in [-0.39, 0.29) is 6.42 Å². The predicted molar refractivity (Wildman–Crippen MR) is 75.2 cm³/mol. The van der Waals surface area contributed by atoms with Crippen LogP contribution in [-0.2, 0) is 14.4 Å². The lowest BCUT2D eigenvalue weighted by molar-refractivity contribution is -0.143. The number of carboxylic acids is 1. The van der Waals surface area contributed by atoms with Gasteiger partial charge in [0.15, 0.2) is 0 Å². The van der Waals surface area contributed by atoms with Gasteiger partial charge in [-0.1, -0.05) is 18.2 Å². The first-order valence-corrected chi connectivity index (χ1v) is 6.96. The summed E-state index contributed by atoms with van der Waals surface area (Å²) in [4.78, 5) is 34.2. The van der Waals surface area contributed by atoms with Crippen LogP contribution in [0, 0.1) is 0 Å². The van der Waals surface area contributed by atoms with Crippen LogP contribution in [0.25, 0.3) is 0 Å². The van der Waals surface area contributed by atoms with Crippen molar-refractivity contribution in [1.29, 1.82) is 0 Å². The molecule has 0 spiro atoms. The molecular formula is C13H16N2O4S. The number of thioether (sulfide) groups is 1. The van der Waals surface area contributed by atoms with Crippen molar-refractivity contribution in [1.82, 2.24) is 5.32 Å². The SMILES string of the molecule is NC(=O)C[C@H](NC(=O)CCSc1ccccc1)C(=O)O. The second-order valence-corrected chi connectivity index (χ2v) is 5.21. The Morgan fingerprint density at radius 3 is 2.45 bits per heavy atom. The molecule has 0 fully saturated rings. The molecule has 0 saturated heterocycles. The molecule has 7 heteroatoms. The highest BCUT2D eigenvalue weighted by atomic mass is 32.2. The average molecular weight is 296 g/mol. The minimum absolute atomic E-state index is 0.169. The van der Waals surface area contributed by atoms with E-state index in [0.717, 1.165) is 4.90 Å². The van der Waals surface area contributed by atoms with Crippen LogP contribution in [0.1, 0.15) is 12.8 Å². The summed E-state index contributed by atoms with van der Waals surface area (Å²) in [6, 6.07) is 8.29. The van der Waals surface area contributed by atoms with Crippen molar-refractivity contribution in [3.8, 4) is 0 Å². The molecule has 2 amide bonds. The second kappa shape index (κ2) is 8.21. The molecule has 4 N–H and O–H groups in total. The van der Waals surface area contributed by atoms with Gasteiger partial charge < -0.3 is 16.2 Å². The van der Waals surface area contributed by atoms with Gasteiger partial charge in [0, 0.05) is 17.1 Å². The van der Waals surface area contributed by atoms with Gasteiger partial charge in [-0.2, -0.15) is 0 Å². The van der Waals surface area contributed by atoms with Crippen molar-refractivity contribution in [3.63, 3.8) is 0 Å². The van der Waals surface area contributed by atoms with E-state index in [4.69, 9.17) is 10.8 Å². The summed E-state index contributed by atoms with van der Waals surface area (Å²) in [7, 11) is 0. The van der Waals surface area contributed by atoms with Crippen LogP contribution in [0.4, 0.5) is 0 Å². The predicted octanol–water partition coefficient (Wildman–Crippen LogP) is 0.614. The van der Waals surface area contributed by atoms with E-state index < -0.39 is 30.2 Å². The molecule has 0 unspecified atom stereocenters. The summed E-state index contributed by atoms with van der Waals surface area (Å²) in [6.07, 6.45) is -0.241. The number of primary amides is 1. The van der Waals surface area contributed by atoms with Gasteiger partial charge in [-0.15, -0.1) is 11.8 Å². The Morgan fingerprint density at radius 1 is 1.25 bits per heavy atom. The van der Waals surface area contributed by atoms with Gasteiger partial charge in [0.05, 0.1) is 6.42 Å². The molecule has 6 nitrogen and oxygen atoms in total. The third-order valence-electron chi connectivity index (χ3n) is 2.38. The molecule has 0 aromatic heterocycles. The van der Waals surface area contributed by atoms with Gasteiger partial charge in [0.1, 0.15) is 6.04 Å². The van der Waals surface area contributed by atoms with Crippen LogP contribution in [0.2, 0.25) is 0 Å². The molecule has 1 atom stereocenters. The number of carboxylic acid groups (broad SMARTS) is 1. The van der Waals surface area contributed by atoms with Crippen molar-refractivity contribution in [2.75, 3.05) is 5.75 Å². The monoisotopic (exact) mass is 296 g/mol. The Kier molecular flexibility index (Phi) is 6.58. The van der Waals surface area contributed by atoms with Crippen molar-refractivity contribution in [3.05, 3.63) is 30.3 Å². The van der Waals surface area contributed by atoms with E-state index in [1.165, 1.54) is 11.8 Å². The maximum Gasteiger partial charge on any atom is 0.326 e. The molecule has 0 aliphatic carbocycles. The van der Waals surface area contributed by atoms with Crippen molar-refractivity contribution >= 4 is 29.5 Å². The largest absolute Gasteiger partial charge is 0.480 e. The zero-order valence-corrected chi connectivity index (χ0v) is 11.6. The molecule has 0 aliphatic rings. The van der Waals surface area contributed by atoms with E-state index in [1.54, 1.807) is 0 Å². The lowest BCUT2D eigenvalue weighted by Gasteiger charge is -2.12. The number of carbonyl (C=O) groups is 3. The number of aliphatic carboxylic acids is 1. The summed E-state index contributed by atoms with van der Waals surface area (Å²) >= 11 is 1.50. The fourth-order valence-corrected chi connectivity index (χ4v) is 2.32. The van der Waals surface area contributed by atoms with Gasteiger partial charge in [-0.25, -0.2) is 4.79 Å². The first kappa shape index (κ1) is 16.0. The van der Waals surface area contributed by atoms with Crippen LogP contribution in [0.15, 0.2) is 35.2 Å². The summed E-state index contributed by atoms with van der Waals surface area (Å²) in [5, 5.41) is 11.1. The third kappa shape index (κ3) is 6.24. The topological polar surface area (TPSA) is 109 Å². The average Bonchev–Trinajstić information content (AvgIpc) is 2.38. The molecule has 1 rings (SSSR count). The first-order chi connectivity index (χ1) is 9.49. The van der Waals surface area contributed by atoms with Crippen molar-refractivity contribution in [2.45, 2.75) is 23.8 Å².